The first kappa shape index (κ1) is 80.4. The number of hydrogen-bond donors (Lipinski definition) is 0. The lowest BCUT2D eigenvalue weighted by molar-refractivity contribution is -0.288. The molecule has 0 N–H and O–H groups in total. The highest BCUT2D eigenvalue weighted by Crippen LogP contribution is 2.35. The van der Waals surface area contributed by atoms with E-state index in [2.05, 4.69) is 6.07 Å². The van der Waals surface area contributed by atoms with Gasteiger partial charge in [-0.05, 0) is 38.4 Å². The molecule has 0 radical (unpaired) electrons. The van der Waals surface area contributed by atoms with Crippen molar-refractivity contribution in [3.8, 4) is 6.07 Å². The minimum atomic E-state index is -0.972. The van der Waals surface area contributed by atoms with Crippen LogP contribution in [-0.4, -0.2) is 253 Å². The fourth-order valence-electron chi connectivity index (χ4n) is 7.63. The normalized spacial score (nSPS) is 17.5. The molecule has 0 aromatic rings. The van der Waals surface area contributed by atoms with Gasteiger partial charge >= 0.3 is 17.9 Å². The summed E-state index contributed by atoms with van der Waals surface area (Å²) in [7, 11) is 0. The Morgan fingerprint density at radius 3 is 1.26 bits per heavy atom. The molecule has 1 heterocycles. The van der Waals surface area contributed by atoms with Crippen LogP contribution in [0.25, 0.3) is 0 Å². The summed E-state index contributed by atoms with van der Waals surface area (Å²) in [5.41, 5.74) is 0. The summed E-state index contributed by atoms with van der Waals surface area (Å²) in [4.78, 5) is 59.7. The van der Waals surface area contributed by atoms with E-state index in [0.717, 1.165) is 28.5 Å². The van der Waals surface area contributed by atoms with Crippen LogP contribution in [0.4, 0.5) is 0 Å². The molecule has 0 saturated carbocycles. The number of unbranched alkanes of at least 4 members (excludes halogenated alkanes) is 3. The summed E-state index contributed by atoms with van der Waals surface area (Å²) in [5, 5.41) is 9.55. The van der Waals surface area contributed by atoms with E-state index < -0.39 is 53.2 Å². The molecular formula is C58H101NO23S3. The van der Waals surface area contributed by atoms with Gasteiger partial charge in [-0.25, -0.2) is 0 Å². The Balaban J connectivity index is 1.78. The largest absolute Gasteiger partial charge is 0.463 e. The van der Waals surface area contributed by atoms with Gasteiger partial charge in [0.2, 0.25) is 0 Å². The van der Waals surface area contributed by atoms with Crippen LogP contribution in [0, 0.1) is 17.2 Å². The van der Waals surface area contributed by atoms with Crippen LogP contribution < -0.4 is 0 Å². The zero-order valence-electron chi connectivity index (χ0n) is 51.5. The van der Waals surface area contributed by atoms with Gasteiger partial charge in [-0.2, -0.15) is 5.26 Å². The van der Waals surface area contributed by atoms with Crippen molar-refractivity contribution < 1.29 is 109 Å². The van der Waals surface area contributed by atoms with Crippen LogP contribution in [0.3, 0.4) is 0 Å². The lowest BCUT2D eigenvalue weighted by Gasteiger charge is -2.43. The van der Waals surface area contributed by atoms with Gasteiger partial charge in [-0.15, -0.1) is 11.8 Å². The smallest absolute Gasteiger partial charge is 0.303 e. The number of nitriles is 1. The maximum atomic E-state index is 12.3. The molecule has 0 aromatic carbocycles. The Bertz CT molecular complexity index is 1750. The zero-order valence-corrected chi connectivity index (χ0v) is 54.0. The average molecular weight is 1280 g/mol. The van der Waals surface area contributed by atoms with Gasteiger partial charge in [0.05, 0.1) is 171 Å². The number of thiocarbonyl (C=S) groups is 1. The highest BCUT2D eigenvalue weighted by Gasteiger charge is 2.49. The molecule has 0 aliphatic carbocycles. The maximum Gasteiger partial charge on any atom is 0.303 e. The quantitative estimate of drug-likeness (QED) is 0.0288. The summed E-state index contributed by atoms with van der Waals surface area (Å²) in [6.45, 7) is 21.1. The van der Waals surface area contributed by atoms with Crippen LogP contribution in [0.2, 0.25) is 0 Å². The molecular weight excluding hydrogens is 1170 g/mol. The fourth-order valence-corrected chi connectivity index (χ4v) is 10.5. The molecule has 1 aliphatic heterocycles. The van der Waals surface area contributed by atoms with E-state index in [-0.39, 0.29) is 18.2 Å². The molecule has 27 heteroatoms. The number of rotatable bonds is 60. The topological polar surface area (TPSA) is 275 Å². The molecule has 1 saturated heterocycles. The summed E-state index contributed by atoms with van der Waals surface area (Å²) in [6, 6.07) is 2.30. The second-order valence-electron chi connectivity index (χ2n) is 19.4. The molecule has 24 nitrogen and oxygen atoms in total. The third-order valence-corrected chi connectivity index (χ3v) is 14.7. The highest BCUT2D eigenvalue weighted by molar-refractivity contribution is 8.47. The molecule has 1 rings (SSSR count). The minimum absolute atomic E-state index is 0.129. The average Bonchev–Trinajstić information content (AvgIpc) is 3.67. The lowest BCUT2D eigenvalue weighted by atomic mass is 9.92. The molecule has 0 spiro atoms. The van der Waals surface area contributed by atoms with E-state index in [4.69, 9.17) is 97.5 Å². The van der Waals surface area contributed by atoms with Crippen LogP contribution >= 0.6 is 35.7 Å². The van der Waals surface area contributed by atoms with Gasteiger partial charge in [0, 0.05) is 65.6 Å². The molecule has 0 amide bonds. The molecule has 1 fully saturated rings. The van der Waals surface area contributed by atoms with Crippen molar-refractivity contribution in [2.75, 3.05) is 191 Å². The van der Waals surface area contributed by atoms with Gasteiger partial charge in [-0.1, -0.05) is 50.7 Å². The number of ether oxygens (including phenoxy) is 18. The summed E-state index contributed by atoms with van der Waals surface area (Å²) < 4.78 is 99.9. The van der Waals surface area contributed by atoms with Crippen LogP contribution in [0.15, 0.2) is 0 Å². The molecule has 0 aromatic heterocycles. The molecule has 85 heavy (non-hydrogen) atoms. The van der Waals surface area contributed by atoms with Crippen LogP contribution in [0.1, 0.15) is 106 Å². The molecule has 1 aliphatic rings. The van der Waals surface area contributed by atoms with E-state index in [1.165, 1.54) is 32.5 Å². The Morgan fingerprint density at radius 2 is 0.859 bits per heavy atom. The maximum absolute atomic E-state index is 12.3. The monoisotopic (exact) mass is 1280 g/mol. The van der Waals surface area contributed by atoms with Crippen molar-refractivity contribution in [3.05, 3.63) is 0 Å². The highest BCUT2D eigenvalue weighted by atomic mass is 32.2. The van der Waals surface area contributed by atoms with Crippen LogP contribution in [0.5, 0.6) is 0 Å². The van der Waals surface area contributed by atoms with Crippen molar-refractivity contribution in [2.45, 2.75) is 135 Å². The van der Waals surface area contributed by atoms with Crippen molar-refractivity contribution in [1.29, 1.82) is 5.26 Å². The number of nitrogens with zero attached hydrogens (tertiary/aromatic N) is 1. The van der Waals surface area contributed by atoms with Gasteiger partial charge in [0.1, 0.15) is 38.7 Å². The zero-order chi connectivity index (χ0) is 62.3. The summed E-state index contributed by atoms with van der Waals surface area (Å²) in [6.07, 6.45) is 2.36. The SMILES string of the molecule is CCSC(=S)SC(C)(C#N)CCC(=O)CCCOCCOCCOCCOCCOCCOCCOCCOCCOCCOCCOCCOCCOCCC(=O)CCCCCCO[C@H]1O[C@@H](COC(C)=O)[C@@H](OC(C)=O)[C@@H](OC(C)=O)[C@@H]1C. The Morgan fingerprint density at radius 1 is 0.482 bits per heavy atom. The molecule has 6 atom stereocenters. The number of carbonyl (C=O) groups excluding carboxylic acids is 5. The Hall–Kier alpha value is -2.57. The predicted molar refractivity (Wildman–Crippen MR) is 321 cm³/mol. The van der Waals surface area contributed by atoms with Gasteiger partial charge < -0.3 is 85.3 Å². The fraction of sp³-hybridized carbons (Fsp3) is 0.879. The van der Waals surface area contributed by atoms with Crippen molar-refractivity contribution in [3.63, 3.8) is 0 Å². The number of hydrogen-bond acceptors (Lipinski definition) is 27. The summed E-state index contributed by atoms with van der Waals surface area (Å²) >= 11 is 8.23. The first-order valence-corrected chi connectivity index (χ1v) is 32.0. The van der Waals surface area contributed by atoms with E-state index in [1.54, 1.807) is 18.7 Å². The van der Waals surface area contributed by atoms with Crippen molar-refractivity contribution >= 4 is 68.7 Å². The van der Waals surface area contributed by atoms with Gasteiger partial charge in [-0.3, -0.25) is 24.0 Å². The van der Waals surface area contributed by atoms with E-state index in [9.17, 15) is 29.2 Å². The van der Waals surface area contributed by atoms with E-state index in [1.807, 2.05) is 13.8 Å². The van der Waals surface area contributed by atoms with Crippen molar-refractivity contribution in [2.24, 2.45) is 5.92 Å². The third kappa shape index (κ3) is 49.0. The van der Waals surface area contributed by atoms with Crippen LogP contribution in [-0.2, 0) is 109 Å². The summed E-state index contributed by atoms with van der Waals surface area (Å²) in [5.74, 6) is -1.01. The van der Waals surface area contributed by atoms with Gasteiger partial charge in [0.15, 0.2) is 12.4 Å². The number of ketones is 2. The second-order valence-corrected chi connectivity index (χ2v) is 23.4. The Labute approximate surface area is 518 Å². The lowest BCUT2D eigenvalue weighted by Crippen LogP contribution is -2.58. The third-order valence-electron chi connectivity index (χ3n) is 12.1. The van der Waals surface area contributed by atoms with Crippen molar-refractivity contribution in [1.82, 2.24) is 0 Å². The number of thioether (sulfide) groups is 2. The first-order chi connectivity index (χ1) is 41.2. The van der Waals surface area contributed by atoms with E-state index >= 15 is 0 Å². The minimum Gasteiger partial charge on any atom is -0.463 e. The second kappa shape index (κ2) is 56.6. The molecule has 1 unspecified atom stereocenters. The number of carbonyl (C=O) groups is 5. The number of esters is 3. The predicted octanol–water partition coefficient (Wildman–Crippen LogP) is 6.10. The van der Waals surface area contributed by atoms with E-state index in [0.29, 0.717) is 223 Å². The van der Waals surface area contributed by atoms with Gasteiger partial charge in [0.25, 0.3) is 0 Å². The molecule has 0 bridgehead atoms. The Kier molecular flexibility index (Phi) is 53.6. The number of Topliss-reactive ketones (excluding diaryl/α,β-unsaturated/α-hetero) is 2. The first-order valence-electron chi connectivity index (χ1n) is 29.8. The standard InChI is InChI=1S/C58H101NO23S3/c1-7-84-57(83)85-58(6,46-59)17-15-51(63)14-12-18-65-21-23-67-25-27-69-29-31-71-33-35-73-37-39-75-41-43-77-44-42-76-40-38-74-36-34-72-32-30-70-28-26-68-24-22-66-20-16-52(64)13-10-8-9-11-19-78-56-47(2)54(80-49(4)61)55(81-50(5)62)53(82-56)45-79-48(3)60/h47,53-56H,7-45H2,1-6H3/t47-,53-,54-,55+,56-,58?/m0/s1. The molecule has 494 valence electrons.